The summed E-state index contributed by atoms with van der Waals surface area (Å²) >= 11 is 0. The molecule has 8 heteroatoms. The quantitative estimate of drug-likeness (QED) is 0.693. The Balaban J connectivity index is 1.57. The standard InChI is InChI=1S/C24H38N4O4/c1-24(2,3)32-23(30)26-21(20-8-12-31-13-9-20)22(29)28-11-7-19(17-28)16-27(4)15-18-6-5-10-25-14-18/h5-6,10,14,19-21H,7-9,11-13,15-17H2,1-4H3,(H,26,30)/t19-,21+/m0/s1. The van der Waals surface area contributed by atoms with E-state index in [4.69, 9.17) is 9.47 Å². The van der Waals surface area contributed by atoms with Gasteiger partial charge in [0.2, 0.25) is 5.91 Å². The maximum absolute atomic E-state index is 13.5. The molecule has 3 heterocycles. The Morgan fingerprint density at radius 2 is 2.06 bits per heavy atom. The lowest BCUT2D eigenvalue weighted by atomic mass is 9.91. The average molecular weight is 447 g/mol. The zero-order valence-electron chi connectivity index (χ0n) is 19.9. The Morgan fingerprint density at radius 1 is 1.31 bits per heavy atom. The van der Waals surface area contributed by atoms with E-state index < -0.39 is 17.7 Å². The predicted molar refractivity (Wildman–Crippen MR) is 122 cm³/mol. The molecule has 32 heavy (non-hydrogen) atoms. The molecular formula is C24H38N4O4. The monoisotopic (exact) mass is 446 g/mol. The Morgan fingerprint density at radius 3 is 2.72 bits per heavy atom. The van der Waals surface area contributed by atoms with Crippen molar-refractivity contribution in [3.05, 3.63) is 30.1 Å². The number of rotatable bonds is 7. The van der Waals surface area contributed by atoms with Gasteiger partial charge in [0.15, 0.2) is 0 Å². The molecular weight excluding hydrogens is 408 g/mol. The van der Waals surface area contributed by atoms with Gasteiger partial charge in [-0.1, -0.05) is 6.07 Å². The number of ether oxygens (including phenoxy) is 2. The molecule has 0 bridgehead atoms. The number of likely N-dealkylation sites (tertiary alicyclic amines) is 1. The van der Waals surface area contributed by atoms with Crippen LogP contribution < -0.4 is 5.32 Å². The van der Waals surface area contributed by atoms with Crippen LogP contribution in [-0.4, -0.2) is 78.3 Å². The molecule has 1 aromatic heterocycles. The van der Waals surface area contributed by atoms with Crippen molar-refractivity contribution in [2.24, 2.45) is 11.8 Å². The Bertz CT molecular complexity index is 746. The van der Waals surface area contributed by atoms with E-state index in [0.29, 0.717) is 25.7 Å². The van der Waals surface area contributed by atoms with Gasteiger partial charge in [-0.05, 0) is 70.5 Å². The van der Waals surface area contributed by atoms with E-state index in [-0.39, 0.29) is 11.8 Å². The molecule has 3 rings (SSSR count). The van der Waals surface area contributed by atoms with Crippen LogP contribution >= 0.6 is 0 Å². The second-order valence-corrected chi connectivity index (χ2v) is 10.1. The predicted octanol–water partition coefficient (Wildman–Crippen LogP) is 2.68. The molecule has 0 spiro atoms. The SMILES string of the molecule is CN(Cc1cccnc1)C[C@@H]1CCN(C(=O)[C@H](NC(=O)OC(C)(C)C)C2CCOCC2)C1. The van der Waals surface area contributed by atoms with Crippen LogP contribution in [0.5, 0.6) is 0 Å². The van der Waals surface area contributed by atoms with Gasteiger partial charge in [0, 0.05) is 51.8 Å². The summed E-state index contributed by atoms with van der Waals surface area (Å²) < 4.78 is 10.9. The molecule has 178 valence electrons. The van der Waals surface area contributed by atoms with Gasteiger partial charge in [0.1, 0.15) is 11.6 Å². The molecule has 0 aromatic carbocycles. The average Bonchev–Trinajstić information content (AvgIpc) is 3.20. The first kappa shape index (κ1) is 24.5. The number of hydrogen-bond donors (Lipinski definition) is 1. The summed E-state index contributed by atoms with van der Waals surface area (Å²) in [6.45, 7) is 9.90. The fourth-order valence-electron chi connectivity index (χ4n) is 4.55. The van der Waals surface area contributed by atoms with E-state index in [1.165, 1.54) is 5.56 Å². The number of hydrogen-bond acceptors (Lipinski definition) is 6. The molecule has 0 saturated carbocycles. The first-order valence-corrected chi connectivity index (χ1v) is 11.6. The maximum atomic E-state index is 13.5. The zero-order chi connectivity index (χ0) is 23.1. The molecule has 1 N–H and O–H groups in total. The highest BCUT2D eigenvalue weighted by atomic mass is 16.6. The van der Waals surface area contributed by atoms with Gasteiger partial charge < -0.3 is 24.6 Å². The third kappa shape index (κ3) is 7.45. The van der Waals surface area contributed by atoms with Crippen LogP contribution in [0.4, 0.5) is 4.79 Å². The van der Waals surface area contributed by atoms with Gasteiger partial charge in [-0.15, -0.1) is 0 Å². The lowest BCUT2D eigenvalue weighted by Crippen LogP contribution is -2.53. The number of carbonyl (C=O) groups is 2. The summed E-state index contributed by atoms with van der Waals surface area (Å²) in [7, 11) is 2.10. The third-order valence-corrected chi connectivity index (χ3v) is 6.02. The summed E-state index contributed by atoms with van der Waals surface area (Å²) in [5.74, 6) is 0.480. The van der Waals surface area contributed by atoms with Gasteiger partial charge in [-0.25, -0.2) is 4.79 Å². The Labute approximate surface area is 191 Å². The molecule has 2 saturated heterocycles. The molecule has 2 amide bonds. The van der Waals surface area contributed by atoms with Gasteiger partial charge in [-0.3, -0.25) is 9.78 Å². The molecule has 0 unspecified atom stereocenters. The minimum atomic E-state index is -0.606. The van der Waals surface area contributed by atoms with E-state index in [1.54, 1.807) is 6.20 Å². The molecule has 8 nitrogen and oxygen atoms in total. The third-order valence-electron chi connectivity index (χ3n) is 6.02. The van der Waals surface area contributed by atoms with Crippen molar-refractivity contribution in [3.8, 4) is 0 Å². The number of alkyl carbamates (subject to hydrolysis) is 1. The molecule has 2 atom stereocenters. The molecule has 2 aliphatic rings. The van der Waals surface area contributed by atoms with Crippen molar-refractivity contribution in [1.29, 1.82) is 0 Å². The van der Waals surface area contributed by atoms with Crippen LogP contribution in [0, 0.1) is 11.8 Å². The fourth-order valence-corrected chi connectivity index (χ4v) is 4.55. The first-order chi connectivity index (χ1) is 15.2. The Kier molecular flexibility index (Phi) is 8.48. The van der Waals surface area contributed by atoms with Crippen LogP contribution in [0.1, 0.15) is 45.6 Å². The number of nitrogens with zero attached hydrogens (tertiary/aromatic N) is 3. The first-order valence-electron chi connectivity index (χ1n) is 11.6. The molecule has 2 aliphatic heterocycles. The van der Waals surface area contributed by atoms with E-state index >= 15 is 0 Å². The minimum Gasteiger partial charge on any atom is -0.444 e. The number of carbonyl (C=O) groups excluding carboxylic acids is 2. The van der Waals surface area contributed by atoms with Gasteiger partial charge in [-0.2, -0.15) is 0 Å². The van der Waals surface area contributed by atoms with Gasteiger partial charge in [0.05, 0.1) is 0 Å². The van der Waals surface area contributed by atoms with Crippen LogP contribution in [0.2, 0.25) is 0 Å². The van der Waals surface area contributed by atoms with Gasteiger partial charge >= 0.3 is 6.09 Å². The van der Waals surface area contributed by atoms with Crippen molar-refractivity contribution in [1.82, 2.24) is 20.1 Å². The normalized spacial score (nSPS) is 20.9. The molecule has 2 fully saturated rings. The van der Waals surface area contributed by atoms with Crippen LogP contribution in [0.25, 0.3) is 0 Å². The minimum absolute atomic E-state index is 0.000159. The number of nitrogens with one attached hydrogen (secondary N) is 1. The number of amides is 2. The van der Waals surface area contributed by atoms with Crippen molar-refractivity contribution < 1.29 is 19.1 Å². The summed E-state index contributed by atoms with van der Waals surface area (Å²) in [6, 6.07) is 3.46. The molecule has 0 aliphatic carbocycles. The second-order valence-electron chi connectivity index (χ2n) is 10.1. The summed E-state index contributed by atoms with van der Waals surface area (Å²) in [6.07, 6.45) is 5.63. The number of aromatic nitrogens is 1. The zero-order valence-corrected chi connectivity index (χ0v) is 19.9. The highest BCUT2D eigenvalue weighted by Gasteiger charge is 2.37. The fraction of sp³-hybridized carbons (Fsp3) is 0.708. The van der Waals surface area contributed by atoms with Crippen molar-refractivity contribution >= 4 is 12.0 Å². The Hall–Kier alpha value is -2.19. The van der Waals surface area contributed by atoms with E-state index in [0.717, 1.165) is 38.9 Å². The smallest absolute Gasteiger partial charge is 0.408 e. The summed E-state index contributed by atoms with van der Waals surface area (Å²) in [5.41, 5.74) is 0.576. The number of pyridine rings is 1. The molecule has 0 radical (unpaired) electrons. The second kappa shape index (κ2) is 11.1. The van der Waals surface area contributed by atoms with Gasteiger partial charge in [0.25, 0.3) is 0 Å². The lowest BCUT2D eigenvalue weighted by Gasteiger charge is -2.33. The van der Waals surface area contributed by atoms with E-state index in [2.05, 4.69) is 28.3 Å². The highest BCUT2D eigenvalue weighted by Crippen LogP contribution is 2.25. The summed E-state index contributed by atoms with van der Waals surface area (Å²) in [5, 5.41) is 2.88. The molecule has 1 aromatic rings. The summed E-state index contributed by atoms with van der Waals surface area (Å²) in [4.78, 5) is 34.3. The van der Waals surface area contributed by atoms with Crippen LogP contribution in [-0.2, 0) is 20.8 Å². The topological polar surface area (TPSA) is 84.0 Å². The largest absolute Gasteiger partial charge is 0.444 e. The highest BCUT2D eigenvalue weighted by molar-refractivity contribution is 5.86. The van der Waals surface area contributed by atoms with Crippen molar-refractivity contribution in [2.75, 3.05) is 39.9 Å². The van der Waals surface area contributed by atoms with Crippen LogP contribution in [0.15, 0.2) is 24.5 Å². The lowest BCUT2D eigenvalue weighted by molar-refractivity contribution is -0.135. The maximum Gasteiger partial charge on any atom is 0.408 e. The van der Waals surface area contributed by atoms with Crippen molar-refractivity contribution in [2.45, 2.75) is 58.2 Å². The van der Waals surface area contributed by atoms with Crippen molar-refractivity contribution in [3.63, 3.8) is 0 Å². The van der Waals surface area contributed by atoms with E-state index in [9.17, 15) is 9.59 Å². The van der Waals surface area contributed by atoms with E-state index in [1.807, 2.05) is 37.9 Å². The van der Waals surface area contributed by atoms with Crippen LogP contribution in [0.3, 0.4) is 0 Å².